The second-order valence-corrected chi connectivity index (χ2v) is 4.48. The Hall–Kier alpha value is -0.0400. The van der Waals surface area contributed by atoms with Crippen LogP contribution in [0.4, 0.5) is 0 Å². The average Bonchev–Trinajstić information content (AvgIpc) is 2.11. The minimum atomic E-state index is 0.717. The van der Waals surface area contributed by atoms with Gasteiger partial charge < -0.3 is 0 Å². The molecule has 0 aromatic carbocycles. The molecule has 0 heterocycles. The fraction of sp³-hybridized carbons (Fsp3) is 1.00. The predicted molar refractivity (Wildman–Crippen MR) is 61.1 cm³/mol. The predicted octanol–water partition coefficient (Wildman–Crippen LogP) is 3.54. The lowest BCUT2D eigenvalue weighted by molar-refractivity contribution is 0.118. The van der Waals surface area contributed by atoms with E-state index in [4.69, 9.17) is 0 Å². The molecular formula is C12H27N. The molecule has 0 spiro atoms. The van der Waals surface area contributed by atoms with Crippen molar-refractivity contribution < 1.29 is 0 Å². The van der Waals surface area contributed by atoms with Crippen molar-refractivity contribution in [3.63, 3.8) is 0 Å². The molecule has 0 bridgehead atoms. The molecule has 0 aliphatic carbocycles. The third kappa shape index (κ3) is 4.12. The minimum Gasteiger partial charge on any atom is -0.298 e. The molecule has 0 aromatic heterocycles. The van der Waals surface area contributed by atoms with Crippen LogP contribution >= 0.6 is 0 Å². The van der Waals surface area contributed by atoms with E-state index in [2.05, 4.69) is 46.4 Å². The zero-order valence-electron chi connectivity index (χ0n) is 10.3. The van der Waals surface area contributed by atoms with Gasteiger partial charge >= 0.3 is 0 Å². The fourth-order valence-electron chi connectivity index (χ4n) is 1.70. The highest BCUT2D eigenvalue weighted by Crippen LogP contribution is 2.15. The molecule has 1 heteroatoms. The van der Waals surface area contributed by atoms with E-state index in [0.29, 0.717) is 0 Å². The Kier molecular flexibility index (Phi) is 6.40. The van der Waals surface area contributed by atoms with E-state index in [0.717, 1.165) is 18.0 Å². The van der Waals surface area contributed by atoms with Crippen LogP contribution in [0.2, 0.25) is 0 Å². The molecule has 0 fully saturated rings. The van der Waals surface area contributed by atoms with Gasteiger partial charge in [0.15, 0.2) is 0 Å². The number of hydrogen-bond acceptors (Lipinski definition) is 1. The molecular weight excluding hydrogens is 158 g/mol. The highest BCUT2D eigenvalue weighted by atomic mass is 15.2. The molecule has 80 valence electrons. The Balaban J connectivity index is 4.22. The van der Waals surface area contributed by atoms with Gasteiger partial charge in [-0.1, -0.05) is 27.7 Å². The quantitative estimate of drug-likeness (QED) is 0.612. The lowest BCUT2D eigenvalue weighted by atomic mass is 10.0. The van der Waals surface area contributed by atoms with Crippen LogP contribution in [0.25, 0.3) is 0 Å². The van der Waals surface area contributed by atoms with Gasteiger partial charge in [-0.25, -0.2) is 0 Å². The Bertz CT molecular complexity index is 120. The maximum Gasteiger partial charge on any atom is 0.00927 e. The minimum absolute atomic E-state index is 0.717. The summed E-state index contributed by atoms with van der Waals surface area (Å²) in [5.41, 5.74) is 0. The van der Waals surface area contributed by atoms with Gasteiger partial charge in [-0.3, -0.25) is 4.90 Å². The van der Waals surface area contributed by atoms with Gasteiger partial charge in [0.1, 0.15) is 0 Å². The maximum absolute atomic E-state index is 2.64. The van der Waals surface area contributed by atoms with Crippen LogP contribution in [-0.2, 0) is 0 Å². The molecule has 2 atom stereocenters. The first-order valence-electron chi connectivity index (χ1n) is 5.80. The molecule has 0 aliphatic heterocycles. The first kappa shape index (κ1) is 13.0. The zero-order chi connectivity index (χ0) is 10.4. The van der Waals surface area contributed by atoms with Crippen molar-refractivity contribution in [2.45, 2.75) is 66.5 Å². The SMILES string of the molecule is CCCN(C(C)CC)C(C)C(C)C. The van der Waals surface area contributed by atoms with Crippen molar-refractivity contribution in [3.05, 3.63) is 0 Å². The Labute approximate surface area is 84.5 Å². The lowest BCUT2D eigenvalue weighted by Crippen LogP contribution is -2.43. The second-order valence-electron chi connectivity index (χ2n) is 4.48. The molecule has 0 amide bonds. The van der Waals surface area contributed by atoms with E-state index in [1.54, 1.807) is 0 Å². The summed E-state index contributed by atoms with van der Waals surface area (Å²) in [6, 6.07) is 1.45. The van der Waals surface area contributed by atoms with Crippen molar-refractivity contribution in [1.82, 2.24) is 4.90 Å². The van der Waals surface area contributed by atoms with Gasteiger partial charge in [0.2, 0.25) is 0 Å². The smallest absolute Gasteiger partial charge is 0.00927 e. The van der Waals surface area contributed by atoms with Crippen LogP contribution in [0.15, 0.2) is 0 Å². The summed E-state index contributed by atoms with van der Waals surface area (Å²) in [6.45, 7) is 15.1. The summed E-state index contributed by atoms with van der Waals surface area (Å²) in [5, 5.41) is 0. The van der Waals surface area contributed by atoms with Gasteiger partial charge in [0.05, 0.1) is 0 Å². The number of rotatable bonds is 6. The molecule has 0 aromatic rings. The Morgan fingerprint density at radius 3 is 1.85 bits per heavy atom. The summed E-state index contributed by atoms with van der Waals surface area (Å²) in [4.78, 5) is 2.64. The number of nitrogens with zero attached hydrogens (tertiary/aromatic N) is 1. The fourth-order valence-corrected chi connectivity index (χ4v) is 1.70. The van der Waals surface area contributed by atoms with Gasteiger partial charge in [0, 0.05) is 12.1 Å². The van der Waals surface area contributed by atoms with Crippen LogP contribution in [0, 0.1) is 5.92 Å². The van der Waals surface area contributed by atoms with Gasteiger partial charge in [-0.05, 0) is 39.2 Å². The lowest BCUT2D eigenvalue weighted by Gasteiger charge is -2.36. The van der Waals surface area contributed by atoms with Crippen LogP contribution in [-0.4, -0.2) is 23.5 Å². The molecule has 1 nitrogen and oxygen atoms in total. The van der Waals surface area contributed by atoms with Crippen LogP contribution in [0.5, 0.6) is 0 Å². The standard InChI is InChI=1S/C12H27N/c1-7-9-13(11(5)8-2)12(6)10(3)4/h10-12H,7-9H2,1-6H3. The summed E-state index contributed by atoms with van der Waals surface area (Å²) >= 11 is 0. The molecule has 0 aliphatic rings. The van der Waals surface area contributed by atoms with Crippen molar-refractivity contribution >= 4 is 0 Å². The van der Waals surface area contributed by atoms with Gasteiger partial charge in [0.25, 0.3) is 0 Å². The largest absolute Gasteiger partial charge is 0.298 e. The van der Waals surface area contributed by atoms with E-state index >= 15 is 0 Å². The molecule has 0 saturated carbocycles. The van der Waals surface area contributed by atoms with Crippen molar-refractivity contribution in [1.29, 1.82) is 0 Å². The van der Waals surface area contributed by atoms with Crippen molar-refractivity contribution in [2.24, 2.45) is 5.92 Å². The van der Waals surface area contributed by atoms with Crippen molar-refractivity contribution in [2.75, 3.05) is 6.54 Å². The van der Waals surface area contributed by atoms with E-state index in [9.17, 15) is 0 Å². The topological polar surface area (TPSA) is 3.24 Å². The molecule has 0 radical (unpaired) electrons. The van der Waals surface area contributed by atoms with E-state index in [-0.39, 0.29) is 0 Å². The first-order chi connectivity index (χ1) is 6.04. The summed E-state index contributed by atoms with van der Waals surface area (Å²) in [7, 11) is 0. The normalized spacial score (nSPS) is 16.6. The van der Waals surface area contributed by atoms with E-state index in [1.807, 2.05) is 0 Å². The summed E-state index contributed by atoms with van der Waals surface area (Å²) in [5.74, 6) is 0.764. The highest BCUT2D eigenvalue weighted by molar-refractivity contribution is 4.74. The van der Waals surface area contributed by atoms with Gasteiger partial charge in [-0.2, -0.15) is 0 Å². The number of hydrogen-bond donors (Lipinski definition) is 0. The summed E-state index contributed by atoms with van der Waals surface area (Å²) in [6.07, 6.45) is 2.53. The molecule has 13 heavy (non-hydrogen) atoms. The Morgan fingerprint density at radius 1 is 1.00 bits per heavy atom. The van der Waals surface area contributed by atoms with E-state index < -0.39 is 0 Å². The highest BCUT2D eigenvalue weighted by Gasteiger charge is 2.19. The van der Waals surface area contributed by atoms with E-state index in [1.165, 1.54) is 19.4 Å². The average molecular weight is 185 g/mol. The molecule has 0 N–H and O–H groups in total. The van der Waals surface area contributed by atoms with Crippen LogP contribution in [0.3, 0.4) is 0 Å². The maximum atomic E-state index is 2.64. The van der Waals surface area contributed by atoms with Crippen LogP contribution in [0.1, 0.15) is 54.4 Å². The third-order valence-corrected chi connectivity index (χ3v) is 3.13. The monoisotopic (exact) mass is 185 g/mol. The van der Waals surface area contributed by atoms with Crippen molar-refractivity contribution in [3.8, 4) is 0 Å². The van der Waals surface area contributed by atoms with Crippen LogP contribution < -0.4 is 0 Å². The molecule has 0 saturated heterocycles. The molecule has 0 rings (SSSR count). The van der Waals surface area contributed by atoms with Gasteiger partial charge in [-0.15, -0.1) is 0 Å². The second kappa shape index (κ2) is 6.42. The zero-order valence-corrected chi connectivity index (χ0v) is 10.3. The third-order valence-electron chi connectivity index (χ3n) is 3.13. The molecule has 2 unspecified atom stereocenters. The Morgan fingerprint density at radius 2 is 1.54 bits per heavy atom. The first-order valence-corrected chi connectivity index (χ1v) is 5.80. The summed E-state index contributed by atoms with van der Waals surface area (Å²) < 4.78 is 0.